The van der Waals surface area contributed by atoms with Gasteiger partial charge in [-0.3, -0.25) is 24.6 Å². The van der Waals surface area contributed by atoms with Crippen LogP contribution in [-0.4, -0.2) is 32.5 Å². The maximum Gasteiger partial charge on any atom is 0.292 e. The van der Waals surface area contributed by atoms with Crippen molar-refractivity contribution in [3.63, 3.8) is 0 Å². The van der Waals surface area contributed by atoms with Crippen LogP contribution < -0.4 is 5.32 Å². The lowest BCUT2D eigenvalue weighted by Crippen LogP contribution is -2.36. The third-order valence-corrected chi connectivity index (χ3v) is 5.10. The highest BCUT2D eigenvalue weighted by molar-refractivity contribution is 8.26. The van der Waals surface area contributed by atoms with Crippen LogP contribution in [0.1, 0.15) is 5.56 Å². The Morgan fingerprint density at radius 1 is 1.25 bits per heavy atom. The Hall–Kier alpha value is -3.11. The molecule has 1 N–H and O–H groups in total. The molecule has 7 nitrogen and oxygen atoms in total. The molecule has 2 aromatic carbocycles. The minimum absolute atomic E-state index is 0.0322. The Morgan fingerprint density at radius 2 is 1.93 bits per heavy atom. The van der Waals surface area contributed by atoms with Crippen molar-refractivity contribution in [2.75, 3.05) is 11.9 Å². The van der Waals surface area contributed by atoms with Gasteiger partial charge in [-0.05, 0) is 29.8 Å². The number of hydrogen-bond acceptors (Lipinski definition) is 6. The van der Waals surface area contributed by atoms with E-state index >= 15 is 0 Å². The Balaban J connectivity index is 1.71. The highest BCUT2D eigenvalue weighted by atomic mass is 32.2. The maximum absolute atomic E-state index is 13.0. The molecule has 1 aliphatic heterocycles. The minimum atomic E-state index is -0.617. The number of carbonyl (C=O) groups excluding carboxylic acids is 2. The molecule has 0 saturated carbocycles. The van der Waals surface area contributed by atoms with Gasteiger partial charge < -0.3 is 5.32 Å². The average molecular weight is 417 g/mol. The third-order valence-electron chi connectivity index (χ3n) is 3.72. The SMILES string of the molecule is O=C(CN1C(=O)/C(=C\c2ccc(F)cc2)SC1=S)Nc1ccccc1[N+](=O)[O-]. The van der Waals surface area contributed by atoms with Gasteiger partial charge in [-0.2, -0.15) is 0 Å². The van der Waals surface area contributed by atoms with Crippen molar-refractivity contribution in [3.05, 3.63) is 74.9 Å². The van der Waals surface area contributed by atoms with E-state index < -0.39 is 22.6 Å². The average Bonchev–Trinajstić information content (AvgIpc) is 2.91. The number of anilines is 1. The van der Waals surface area contributed by atoms with Crippen molar-refractivity contribution in [2.45, 2.75) is 0 Å². The Bertz CT molecular complexity index is 1010. The van der Waals surface area contributed by atoms with E-state index in [2.05, 4.69) is 5.32 Å². The summed E-state index contributed by atoms with van der Waals surface area (Å²) in [5.74, 6) is -1.47. The molecule has 0 aliphatic carbocycles. The normalized spacial score (nSPS) is 15.2. The first-order valence-electron chi connectivity index (χ1n) is 7.89. The van der Waals surface area contributed by atoms with Gasteiger partial charge in [0.05, 0.1) is 9.83 Å². The molecule has 1 heterocycles. The van der Waals surface area contributed by atoms with Crippen molar-refractivity contribution in [1.82, 2.24) is 4.90 Å². The van der Waals surface area contributed by atoms with Crippen molar-refractivity contribution < 1.29 is 18.9 Å². The Labute approximate surface area is 168 Å². The molecule has 0 aromatic heterocycles. The highest BCUT2D eigenvalue weighted by Gasteiger charge is 2.33. The van der Waals surface area contributed by atoms with Crippen LogP contribution in [-0.2, 0) is 9.59 Å². The monoisotopic (exact) mass is 417 g/mol. The highest BCUT2D eigenvalue weighted by Crippen LogP contribution is 2.32. The summed E-state index contributed by atoms with van der Waals surface area (Å²) >= 11 is 6.19. The molecule has 0 spiro atoms. The van der Waals surface area contributed by atoms with Gasteiger partial charge in [0.2, 0.25) is 5.91 Å². The largest absolute Gasteiger partial charge is 0.319 e. The second kappa shape index (κ2) is 8.28. The summed E-state index contributed by atoms with van der Waals surface area (Å²) in [5.41, 5.74) is 0.397. The second-order valence-corrected chi connectivity index (χ2v) is 7.32. The fourth-order valence-electron chi connectivity index (χ4n) is 2.42. The number of para-hydroxylation sites is 2. The Kier molecular flexibility index (Phi) is 5.81. The second-order valence-electron chi connectivity index (χ2n) is 5.64. The summed E-state index contributed by atoms with van der Waals surface area (Å²) < 4.78 is 13.2. The van der Waals surface area contributed by atoms with E-state index in [1.165, 1.54) is 42.5 Å². The zero-order valence-electron chi connectivity index (χ0n) is 14.1. The van der Waals surface area contributed by atoms with E-state index in [0.717, 1.165) is 16.7 Å². The molecular weight excluding hydrogens is 405 g/mol. The Morgan fingerprint density at radius 3 is 2.61 bits per heavy atom. The van der Waals surface area contributed by atoms with Crippen molar-refractivity contribution in [1.29, 1.82) is 0 Å². The lowest BCUT2D eigenvalue weighted by molar-refractivity contribution is -0.383. The minimum Gasteiger partial charge on any atom is -0.319 e. The molecule has 0 radical (unpaired) electrons. The van der Waals surface area contributed by atoms with Gasteiger partial charge in [-0.15, -0.1) is 0 Å². The summed E-state index contributed by atoms with van der Waals surface area (Å²) in [6, 6.07) is 11.3. The molecule has 10 heteroatoms. The van der Waals surface area contributed by atoms with Crippen LogP contribution in [0.2, 0.25) is 0 Å². The van der Waals surface area contributed by atoms with Crippen molar-refractivity contribution in [2.24, 2.45) is 0 Å². The van der Waals surface area contributed by atoms with Gasteiger partial charge in [-0.1, -0.05) is 48.2 Å². The van der Waals surface area contributed by atoms with Crippen LogP contribution in [0.5, 0.6) is 0 Å². The van der Waals surface area contributed by atoms with Gasteiger partial charge in [-0.25, -0.2) is 4.39 Å². The number of rotatable bonds is 5. The van der Waals surface area contributed by atoms with E-state index in [9.17, 15) is 24.1 Å². The maximum atomic E-state index is 13.0. The van der Waals surface area contributed by atoms with Crippen molar-refractivity contribution in [3.8, 4) is 0 Å². The number of halogens is 1. The topological polar surface area (TPSA) is 92.6 Å². The van der Waals surface area contributed by atoms with Gasteiger partial charge in [0.25, 0.3) is 11.6 Å². The zero-order chi connectivity index (χ0) is 20.3. The first-order chi connectivity index (χ1) is 13.3. The lowest BCUT2D eigenvalue weighted by Gasteiger charge is -2.14. The van der Waals surface area contributed by atoms with Crippen LogP contribution in [0.4, 0.5) is 15.8 Å². The molecule has 0 unspecified atom stereocenters. The van der Waals surface area contributed by atoms with Crippen LogP contribution in [0.15, 0.2) is 53.4 Å². The van der Waals surface area contributed by atoms with Gasteiger partial charge in [0.15, 0.2) is 0 Å². The molecular formula is C18H12FN3O4S2. The molecule has 1 saturated heterocycles. The number of benzene rings is 2. The number of nitro groups is 1. The summed E-state index contributed by atoms with van der Waals surface area (Å²) in [6.45, 7) is -0.378. The van der Waals surface area contributed by atoms with Crippen LogP contribution in [0.25, 0.3) is 6.08 Å². The molecule has 0 atom stereocenters. The molecule has 0 bridgehead atoms. The predicted octanol–water partition coefficient (Wildman–Crippen LogP) is 3.57. The molecule has 1 aliphatic rings. The van der Waals surface area contributed by atoms with Gasteiger partial charge >= 0.3 is 0 Å². The first kappa shape index (κ1) is 19.6. The summed E-state index contributed by atoms with van der Waals surface area (Å²) in [4.78, 5) is 36.6. The molecule has 1 fully saturated rings. The van der Waals surface area contributed by atoms with Crippen LogP contribution in [0, 0.1) is 15.9 Å². The molecule has 28 heavy (non-hydrogen) atoms. The summed E-state index contributed by atoms with van der Waals surface area (Å²) in [6.07, 6.45) is 1.55. The van der Waals surface area contributed by atoms with Gasteiger partial charge in [0, 0.05) is 6.07 Å². The van der Waals surface area contributed by atoms with E-state index in [0.29, 0.717) is 10.5 Å². The number of nitro benzene ring substituents is 1. The number of amides is 2. The third kappa shape index (κ3) is 4.41. The quantitative estimate of drug-likeness (QED) is 0.346. The number of thiocarbonyl (C=S) groups is 1. The van der Waals surface area contributed by atoms with Crippen molar-refractivity contribution >= 4 is 57.6 Å². The predicted molar refractivity (Wildman–Crippen MR) is 108 cm³/mol. The van der Waals surface area contributed by atoms with Gasteiger partial charge in [0.1, 0.15) is 22.4 Å². The lowest BCUT2D eigenvalue weighted by atomic mass is 10.2. The molecule has 2 amide bonds. The summed E-state index contributed by atoms with van der Waals surface area (Å²) in [7, 11) is 0. The zero-order valence-corrected chi connectivity index (χ0v) is 15.8. The first-order valence-corrected chi connectivity index (χ1v) is 9.12. The van der Waals surface area contributed by atoms with E-state index in [-0.39, 0.29) is 22.2 Å². The standard InChI is InChI=1S/C18H12FN3O4S2/c19-12-7-5-11(6-8-12)9-15-17(24)21(18(27)28-15)10-16(23)20-13-3-1-2-4-14(13)22(25)26/h1-9H,10H2,(H,20,23)/b15-9+. The van der Waals surface area contributed by atoms with Crippen LogP contribution >= 0.6 is 24.0 Å². The number of hydrogen-bond donors (Lipinski definition) is 1. The number of nitrogens with one attached hydrogen (secondary N) is 1. The fourth-order valence-corrected chi connectivity index (χ4v) is 3.67. The van der Waals surface area contributed by atoms with Crippen LogP contribution in [0.3, 0.4) is 0 Å². The smallest absolute Gasteiger partial charge is 0.292 e. The molecule has 3 rings (SSSR count). The summed E-state index contributed by atoms with van der Waals surface area (Å²) in [5, 5.41) is 13.5. The van der Waals surface area contributed by atoms with E-state index in [4.69, 9.17) is 12.2 Å². The number of carbonyl (C=O) groups is 2. The number of nitrogens with zero attached hydrogens (tertiary/aromatic N) is 2. The van der Waals surface area contributed by atoms with E-state index in [1.54, 1.807) is 12.1 Å². The molecule has 142 valence electrons. The van der Waals surface area contributed by atoms with E-state index in [1.807, 2.05) is 0 Å². The number of thioether (sulfide) groups is 1. The molecule has 2 aromatic rings. The fraction of sp³-hybridized carbons (Fsp3) is 0.0556.